The Morgan fingerprint density at radius 1 is 1.44 bits per heavy atom. The molecule has 1 amide bonds. The van der Waals surface area contributed by atoms with Gasteiger partial charge in [-0.1, -0.05) is 0 Å². The SMILES string of the molecule is Cc1nc(C(=O)NC2(C(=O)O)CCOCC2)n[nH]1. The first kappa shape index (κ1) is 12.5. The number of nitrogens with zero attached hydrogens (tertiary/aromatic N) is 2. The maximum atomic E-state index is 11.9. The zero-order valence-corrected chi connectivity index (χ0v) is 9.89. The summed E-state index contributed by atoms with van der Waals surface area (Å²) in [5, 5.41) is 18.0. The van der Waals surface area contributed by atoms with Crippen molar-refractivity contribution in [2.24, 2.45) is 0 Å². The van der Waals surface area contributed by atoms with E-state index >= 15 is 0 Å². The molecule has 18 heavy (non-hydrogen) atoms. The number of carboxylic acids is 1. The lowest BCUT2D eigenvalue weighted by atomic mass is 9.90. The van der Waals surface area contributed by atoms with Crippen molar-refractivity contribution in [2.45, 2.75) is 25.3 Å². The molecule has 98 valence electrons. The van der Waals surface area contributed by atoms with Crippen molar-refractivity contribution < 1.29 is 19.4 Å². The Labute approximate surface area is 103 Å². The monoisotopic (exact) mass is 254 g/mol. The summed E-state index contributed by atoms with van der Waals surface area (Å²) in [6.07, 6.45) is 0.467. The summed E-state index contributed by atoms with van der Waals surface area (Å²) in [4.78, 5) is 27.1. The van der Waals surface area contributed by atoms with E-state index in [1.807, 2.05) is 0 Å². The molecule has 0 aromatic carbocycles. The predicted octanol–water partition coefficient (Wildman–Crippen LogP) is -0.523. The zero-order valence-electron chi connectivity index (χ0n) is 9.89. The minimum Gasteiger partial charge on any atom is -0.480 e. The Morgan fingerprint density at radius 2 is 2.11 bits per heavy atom. The number of amides is 1. The zero-order chi connectivity index (χ0) is 13.2. The van der Waals surface area contributed by atoms with Gasteiger partial charge in [0, 0.05) is 26.1 Å². The normalized spacial score (nSPS) is 18.3. The third kappa shape index (κ3) is 2.33. The average molecular weight is 254 g/mol. The molecule has 0 aliphatic carbocycles. The van der Waals surface area contributed by atoms with E-state index in [2.05, 4.69) is 20.5 Å². The number of hydrogen-bond donors (Lipinski definition) is 3. The number of aliphatic carboxylic acids is 1. The van der Waals surface area contributed by atoms with Gasteiger partial charge in [-0.05, 0) is 6.92 Å². The number of aromatic nitrogens is 3. The van der Waals surface area contributed by atoms with Crippen LogP contribution in [0.2, 0.25) is 0 Å². The third-order valence-electron chi connectivity index (χ3n) is 2.91. The average Bonchev–Trinajstić information content (AvgIpc) is 2.77. The van der Waals surface area contributed by atoms with E-state index in [0.717, 1.165) is 0 Å². The van der Waals surface area contributed by atoms with Crippen molar-refractivity contribution in [2.75, 3.05) is 13.2 Å². The molecular formula is C10H14N4O4. The smallest absolute Gasteiger partial charge is 0.329 e. The molecule has 0 spiro atoms. The van der Waals surface area contributed by atoms with E-state index in [0.29, 0.717) is 19.0 Å². The quantitative estimate of drug-likeness (QED) is 0.668. The Morgan fingerprint density at radius 3 is 2.61 bits per heavy atom. The fourth-order valence-electron chi connectivity index (χ4n) is 1.83. The van der Waals surface area contributed by atoms with Crippen LogP contribution in [0.3, 0.4) is 0 Å². The standard InChI is InChI=1S/C10H14N4O4/c1-6-11-7(14-13-6)8(15)12-10(9(16)17)2-4-18-5-3-10/h2-5H2,1H3,(H,12,15)(H,16,17)(H,11,13,14). The molecule has 0 atom stereocenters. The van der Waals surface area contributed by atoms with Gasteiger partial charge in [-0.2, -0.15) is 0 Å². The van der Waals surface area contributed by atoms with Crippen molar-refractivity contribution in [3.8, 4) is 0 Å². The van der Waals surface area contributed by atoms with E-state index in [-0.39, 0.29) is 18.7 Å². The van der Waals surface area contributed by atoms with Gasteiger partial charge in [-0.15, -0.1) is 5.10 Å². The summed E-state index contributed by atoms with van der Waals surface area (Å²) in [6, 6.07) is 0. The lowest BCUT2D eigenvalue weighted by Crippen LogP contribution is -2.57. The van der Waals surface area contributed by atoms with Gasteiger partial charge in [0.2, 0.25) is 5.82 Å². The van der Waals surface area contributed by atoms with Gasteiger partial charge in [0.25, 0.3) is 5.91 Å². The number of carboxylic acid groups (broad SMARTS) is 1. The highest BCUT2D eigenvalue weighted by molar-refractivity contribution is 5.95. The van der Waals surface area contributed by atoms with Crippen LogP contribution in [-0.4, -0.2) is 50.9 Å². The molecule has 1 saturated heterocycles. The lowest BCUT2D eigenvalue weighted by Gasteiger charge is -2.33. The molecular weight excluding hydrogens is 240 g/mol. The van der Waals surface area contributed by atoms with Gasteiger partial charge in [-0.25, -0.2) is 9.78 Å². The summed E-state index contributed by atoms with van der Waals surface area (Å²) in [7, 11) is 0. The first-order chi connectivity index (χ1) is 8.53. The number of nitrogens with one attached hydrogen (secondary N) is 2. The van der Waals surface area contributed by atoms with Gasteiger partial charge >= 0.3 is 5.97 Å². The molecule has 3 N–H and O–H groups in total. The number of ether oxygens (including phenoxy) is 1. The second-order valence-electron chi connectivity index (χ2n) is 4.20. The molecule has 1 aromatic heterocycles. The van der Waals surface area contributed by atoms with E-state index in [1.165, 1.54) is 0 Å². The molecule has 0 saturated carbocycles. The van der Waals surface area contributed by atoms with Crippen LogP contribution in [0.15, 0.2) is 0 Å². The van der Waals surface area contributed by atoms with Crippen molar-refractivity contribution in [3.63, 3.8) is 0 Å². The fourth-order valence-corrected chi connectivity index (χ4v) is 1.83. The van der Waals surface area contributed by atoms with Crippen LogP contribution in [-0.2, 0) is 9.53 Å². The second kappa shape index (κ2) is 4.73. The highest BCUT2D eigenvalue weighted by Crippen LogP contribution is 2.21. The Kier molecular flexibility index (Phi) is 3.28. The minimum atomic E-state index is -1.29. The maximum Gasteiger partial charge on any atom is 0.329 e. The molecule has 1 fully saturated rings. The first-order valence-electron chi connectivity index (χ1n) is 5.56. The largest absolute Gasteiger partial charge is 0.480 e. The van der Waals surface area contributed by atoms with Crippen molar-refractivity contribution >= 4 is 11.9 Å². The van der Waals surface area contributed by atoms with Crippen LogP contribution < -0.4 is 5.32 Å². The van der Waals surface area contributed by atoms with Gasteiger partial charge in [0.1, 0.15) is 11.4 Å². The second-order valence-corrected chi connectivity index (χ2v) is 4.20. The molecule has 1 aliphatic heterocycles. The van der Waals surface area contributed by atoms with Crippen LogP contribution >= 0.6 is 0 Å². The molecule has 0 radical (unpaired) electrons. The van der Waals surface area contributed by atoms with Crippen LogP contribution in [0.5, 0.6) is 0 Å². The minimum absolute atomic E-state index is 0.0559. The molecule has 0 unspecified atom stereocenters. The molecule has 0 bridgehead atoms. The van der Waals surface area contributed by atoms with Crippen LogP contribution in [0.4, 0.5) is 0 Å². The molecule has 2 heterocycles. The first-order valence-corrected chi connectivity index (χ1v) is 5.56. The number of aryl methyl sites for hydroxylation is 1. The molecule has 2 rings (SSSR count). The van der Waals surface area contributed by atoms with Crippen LogP contribution in [0.1, 0.15) is 29.3 Å². The van der Waals surface area contributed by atoms with Gasteiger partial charge < -0.3 is 15.2 Å². The number of carbonyl (C=O) groups is 2. The number of H-pyrrole nitrogens is 1. The lowest BCUT2D eigenvalue weighted by molar-refractivity contribution is -0.148. The summed E-state index contributed by atoms with van der Waals surface area (Å²) >= 11 is 0. The fraction of sp³-hybridized carbons (Fsp3) is 0.600. The maximum absolute atomic E-state index is 11.9. The van der Waals surface area contributed by atoms with Crippen LogP contribution in [0, 0.1) is 6.92 Å². The molecule has 1 aromatic rings. The molecule has 1 aliphatic rings. The summed E-state index contributed by atoms with van der Waals surface area (Å²) < 4.78 is 5.11. The van der Waals surface area contributed by atoms with Crippen LogP contribution in [0.25, 0.3) is 0 Å². The van der Waals surface area contributed by atoms with Gasteiger partial charge in [-0.3, -0.25) is 9.89 Å². The van der Waals surface area contributed by atoms with Crippen molar-refractivity contribution in [1.29, 1.82) is 0 Å². The highest BCUT2D eigenvalue weighted by atomic mass is 16.5. The van der Waals surface area contributed by atoms with Gasteiger partial charge in [0.15, 0.2) is 0 Å². The molecule has 8 heteroatoms. The number of carbonyl (C=O) groups excluding carboxylic acids is 1. The molecule has 8 nitrogen and oxygen atoms in total. The summed E-state index contributed by atoms with van der Waals surface area (Å²) in [5.41, 5.74) is -1.29. The Bertz CT molecular complexity index is 464. The topological polar surface area (TPSA) is 117 Å². The highest BCUT2D eigenvalue weighted by Gasteiger charge is 2.42. The van der Waals surface area contributed by atoms with Crippen molar-refractivity contribution in [3.05, 3.63) is 11.6 Å². The van der Waals surface area contributed by atoms with E-state index in [1.54, 1.807) is 6.92 Å². The van der Waals surface area contributed by atoms with E-state index in [9.17, 15) is 14.7 Å². The summed E-state index contributed by atoms with van der Waals surface area (Å²) in [6.45, 7) is 2.27. The van der Waals surface area contributed by atoms with E-state index in [4.69, 9.17) is 4.74 Å². The number of hydrogen-bond acceptors (Lipinski definition) is 5. The number of aromatic amines is 1. The number of rotatable bonds is 3. The Balaban J connectivity index is 2.14. The van der Waals surface area contributed by atoms with E-state index < -0.39 is 17.4 Å². The summed E-state index contributed by atoms with van der Waals surface area (Å²) in [5.74, 6) is -1.22. The van der Waals surface area contributed by atoms with Crippen molar-refractivity contribution in [1.82, 2.24) is 20.5 Å². The Hall–Kier alpha value is -1.96. The third-order valence-corrected chi connectivity index (χ3v) is 2.91. The van der Waals surface area contributed by atoms with Gasteiger partial charge in [0.05, 0.1) is 0 Å². The predicted molar refractivity (Wildman–Crippen MR) is 59.0 cm³/mol.